The number of ether oxygens (including phenoxy) is 2. The first-order chi connectivity index (χ1) is 12.7. The van der Waals surface area contributed by atoms with Gasteiger partial charge in [-0.05, 0) is 24.5 Å². The summed E-state index contributed by atoms with van der Waals surface area (Å²) in [6, 6.07) is 6.32. The highest BCUT2D eigenvalue weighted by molar-refractivity contribution is 5.64. The summed E-state index contributed by atoms with van der Waals surface area (Å²) in [6.45, 7) is 7.23. The topological polar surface area (TPSA) is 72.4 Å². The number of rotatable bonds is 4. The van der Waals surface area contributed by atoms with Gasteiger partial charge >= 0.3 is 0 Å². The van der Waals surface area contributed by atoms with Gasteiger partial charge in [0.05, 0.1) is 19.4 Å². The Balaban J connectivity index is 1.49. The Morgan fingerprint density at radius 3 is 2.69 bits per heavy atom. The molecule has 2 aromatic rings. The molecule has 4 rings (SSSR count). The lowest BCUT2D eigenvalue weighted by Gasteiger charge is -2.37. The molecule has 0 unspecified atom stereocenters. The van der Waals surface area contributed by atoms with E-state index in [4.69, 9.17) is 9.47 Å². The molecule has 3 heterocycles. The third-order valence-corrected chi connectivity index (χ3v) is 5.16. The molecular formula is C19H25N5O2. The largest absolute Gasteiger partial charge is 0.347 e. The van der Waals surface area contributed by atoms with Crippen molar-refractivity contribution < 1.29 is 9.47 Å². The first-order valence-corrected chi connectivity index (χ1v) is 9.27. The summed E-state index contributed by atoms with van der Waals surface area (Å²) in [4.78, 5) is 6.83. The molecule has 1 spiro atoms. The van der Waals surface area contributed by atoms with Crippen molar-refractivity contribution in [1.82, 2.24) is 15.2 Å². The van der Waals surface area contributed by atoms with Gasteiger partial charge in [0.25, 0.3) is 0 Å². The molecule has 138 valence electrons. The van der Waals surface area contributed by atoms with Crippen molar-refractivity contribution in [2.45, 2.75) is 38.9 Å². The van der Waals surface area contributed by atoms with E-state index >= 15 is 0 Å². The van der Waals surface area contributed by atoms with E-state index in [1.54, 1.807) is 6.20 Å². The van der Waals surface area contributed by atoms with Crippen molar-refractivity contribution in [3.63, 3.8) is 0 Å². The fourth-order valence-corrected chi connectivity index (χ4v) is 3.65. The maximum absolute atomic E-state index is 5.79. The van der Waals surface area contributed by atoms with E-state index in [1.807, 2.05) is 0 Å². The lowest BCUT2D eigenvalue weighted by Crippen LogP contribution is -2.45. The summed E-state index contributed by atoms with van der Waals surface area (Å²) in [5, 5.41) is 11.8. The van der Waals surface area contributed by atoms with E-state index in [9.17, 15) is 0 Å². The smallest absolute Gasteiger partial charge is 0.247 e. The summed E-state index contributed by atoms with van der Waals surface area (Å²) in [7, 11) is 0. The van der Waals surface area contributed by atoms with Crippen LogP contribution in [0.1, 0.15) is 30.9 Å². The fourth-order valence-electron chi connectivity index (χ4n) is 3.65. The quantitative estimate of drug-likeness (QED) is 0.904. The number of aromatic nitrogens is 3. The van der Waals surface area contributed by atoms with Gasteiger partial charge < -0.3 is 19.7 Å². The number of nitrogens with one attached hydrogen (secondary N) is 1. The molecule has 1 aromatic heterocycles. The summed E-state index contributed by atoms with van der Waals surface area (Å²) in [5.41, 5.74) is 3.56. The molecule has 2 fully saturated rings. The van der Waals surface area contributed by atoms with Gasteiger partial charge in [0.15, 0.2) is 11.6 Å². The van der Waals surface area contributed by atoms with E-state index in [2.05, 4.69) is 57.4 Å². The Kier molecular flexibility index (Phi) is 4.74. The summed E-state index contributed by atoms with van der Waals surface area (Å²) in [5.74, 6) is 0.971. The second-order valence-electron chi connectivity index (χ2n) is 6.82. The van der Waals surface area contributed by atoms with Crippen molar-refractivity contribution in [3.05, 3.63) is 35.5 Å². The fraction of sp³-hybridized carbons (Fsp3) is 0.526. The Hall–Kier alpha value is -2.25. The highest BCUT2D eigenvalue weighted by atomic mass is 16.7. The summed E-state index contributed by atoms with van der Waals surface area (Å²) >= 11 is 0. The lowest BCUT2D eigenvalue weighted by molar-refractivity contribution is -0.169. The van der Waals surface area contributed by atoms with Crippen LogP contribution in [0.25, 0.3) is 0 Å². The third-order valence-electron chi connectivity index (χ3n) is 5.16. The molecule has 0 bridgehead atoms. The SMILES string of the molecule is CCc1cccc(C)c1Nc1cnnc(N2CCC3(CC2)OCCO3)n1. The van der Waals surface area contributed by atoms with Crippen molar-refractivity contribution >= 4 is 17.5 Å². The molecule has 1 N–H and O–H groups in total. The molecule has 0 aliphatic carbocycles. The van der Waals surface area contributed by atoms with E-state index in [1.165, 1.54) is 11.1 Å². The van der Waals surface area contributed by atoms with Crippen LogP contribution in [0, 0.1) is 6.92 Å². The van der Waals surface area contributed by atoms with E-state index in [-0.39, 0.29) is 0 Å². The molecule has 0 radical (unpaired) electrons. The van der Waals surface area contributed by atoms with E-state index < -0.39 is 5.79 Å². The molecule has 0 amide bonds. The van der Waals surface area contributed by atoms with Crippen LogP contribution in [0.15, 0.2) is 24.4 Å². The van der Waals surface area contributed by atoms with E-state index in [0.717, 1.165) is 38.0 Å². The van der Waals surface area contributed by atoms with Gasteiger partial charge in [-0.15, -0.1) is 5.10 Å². The number of piperidine rings is 1. The molecule has 1 aromatic carbocycles. The Morgan fingerprint density at radius 1 is 1.19 bits per heavy atom. The second kappa shape index (κ2) is 7.17. The molecule has 26 heavy (non-hydrogen) atoms. The number of benzene rings is 1. The van der Waals surface area contributed by atoms with Crippen LogP contribution < -0.4 is 10.2 Å². The molecule has 7 heteroatoms. The van der Waals surface area contributed by atoms with Crippen LogP contribution in [-0.2, 0) is 15.9 Å². The third kappa shape index (κ3) is 3.37. The Bertz CT molecular complexity index is 766. The Morgan fingerprint density at radius 2 is 1.96 bits per heavy atom. The van der Waals surface area contributed by atoms with Gasteiger partial charge in [-0.3, -0.25) is 0 Å². The number of aryl methyl sites for hydroxylation is 2. The van der Waals surface area contributed by atoms with E-state index in [0.29, 0.717) is 25.0 Å². The number of hydrogen-bond donors (Lipinski definition) is 1. The van der Waals surface area contributed by atoms with Crippen LogP contribution in [-0.4, -0.2) is 47.3 Å². The Labute approximate surface area is 153 Å². The van der Waals surface area contributed by atoms with Gasteiger partial charge in [0, 0.05) is 31.6 Å². The average molecular weight is 355 g/mol. The van der Waals surface area contributed by atoms with Gasteiger partial charge in [-0.2, -0.15) is 10.1 Å². The van der Waals surface area contributed by atoms with Crippen LogP contribution in [0.3, 0.4) is 0 Å². The predicted octanol–water partition coefficient (Wildman–Crippen LogP) is 2.83. The van der Waals surface area contributed by atoms with Crippen LogP contribution in [0.2, 0.25) is 0 Å². The van der Waals surface area contributed by atoms with Crippen LogP contribution >= 0.6 is 0 Å². The van der Waals surface area contributed by atoms with Gasteiger partial charge in [-0.25, -0.2) is 0 Å². The first kappa shape index (κ1) is 17.2. The minimum Gasteiger partial charge on any atom is -0.347 e. The zero-order valence-corrected chi connectivity index (χ0v) is 15.4. The van der Waals surface area contributed by atoms with Crippen molar-refractivity contribution in [2.24, 2.45) is 0 Å². The van der Waals surface area contributed by atoms with Gasteiger partial charge in [-0.1, -0.05) is 25.1 Å². The van der Waals surface area contributed by atoms with Crippen molar-refractivity contribution in [3.8, 4) is 0 Å². The number of nitrogens with zero attached hydrogens (tertiary/aromatic N) is 4. The highest BCUT2D eigenvalue weighted by Gasteiger charge is 2.40. The van der Waals surface area contributed by atoms with Crippen molar-refractivity contribution in [2.75, 3.05) is 36.5 Å². The number of hydrogen-bond acceptors (Lipinski definition) is 7. The maximum atomic E-state index is 5.79. The second-order valence-corrected chi connectivity index (χ2v) is 6.82. The standard InChI is InChI=1S/C19H25N5O2/c1-3-15-6-4-5-14(2)17(15)21-16-13-20-23-18(22-16)24-9-7-19(8-10-24)25-11-12-26-19/h4-6,13H,3,7-12H2,1-2H3,(H,21,22,23). The minimum absolute atomic E-state index is 0.392. The molecule has 2 saturated heterocycles. The average Bonchev–Trinajstić information content (AvgIpc) is 3.12. The number of anilines is 3. The normalized spacial score (nSPS) is 19.1. The minimum atomic E-state index is -0.392. The monoisotopic (exact) mass is 355 g/mol. The summed E-state index contributed by atoms with van der Waals surface area (Å²) < 4.78 is 11.6. The lowest BCUT2D eigenvalue weighted by atomic mass is 10.0. The van der Waals surface area contributed by atoms with Crippen LogP contribution in [0.5, 0.6) is 0 Å². The maximum Gasteiger partial charge on any atom is 0.247 e. The zero-order valence-electron chi connectivity index (χ0n) is 15.4. The van der Waals surface area contributed by atoms with Gasteiger partial charge in [0.1, 0.15) is 0 Å². The predicted molar refractivity (Wildman–Crippen MR) is 99.7 cm³/mol. The molecule has 0 saturated carbocycles. The molecule has 7 nitrogen and oxygen atoms in total. The van der Waals surface area contributed by atoms with Crippen LogP contribution in [0.4, 0.5) is 17.5 Å². The zero-order chi connectivity index (χ0) is 18.0. The molecule has 2 aliphatic heterocycles. The van der Waals surface area contributed by atoms with Gasteiger partial charge in [0.2, 0.25) is 5.95 Å². The summed E-state index contributed by atoms with van der Waals surface area (Å²) in [6.07, 6.45) is 4.28. The molecule has 0 atom stereocenters. The number of para-hydroxylation sites is 1. The highest BCUT2D eigenvalue weighted by Crippen LogP contribution is 2.32. The van der Waals surface area contributed by atoms with Crippen molar-refractivity contribution in [1.29, 1.82) is 0 Å². The molecular weight excluding hydrogens is 330 g/mol. The first-order valence-electron chi connectivity index (χ1n) is 9.27. The molecule has 2 aliphatic rings.